The number of amides is 3. The van der Waals surface area contributed by atoms with E-state index in [1.54, 1.807) is 20.8 Å². The molecule has 1 aromatic rings. The number of fused-ring (bicyclic) bond motifs is 5. The highest BCUT2D eigenvalue weighted by Crippen LogP contribution is 2.52. The first kappa shape index (κ1) is 25.4. The van der Waals surface area contributed by atoms with Crippen molar-refractivity contribution in [3.8, 4) is 0 Å². The van der Waals surface area contributed by atoms with Crippen molar-refractivity contribution >= 4 is 23.9 Å². The molecule has 2 aliphatic heterocycles. The minimum absolute atomic E-state index is 0.00538. The van der Waals surface area contributed by atoms with Crippen LogP contribution in [0.1, 0.15) is 45.6 Å². The Balaban J connectivity index is 1.24. The maximum atomic E-state index is 13.2. The second-order valence-corrected chi connectivity index (χ2v) is 11.2. The van der Waals surface area contributed by atoms with Crippen LogP contribution in [0.25, 0.3) is 0 Å². The van der Waals surface area contributed by atoms with Gasteiger partial charge in [-0.25, -0.2) is 9.59 Å². The second kappa shape index (κ2) is 9.90. The molecule has 3 fully saturated rings. The molecule has 2 heterocycles. The number of hydrogen-bond donors (Lipinski definition) is 1. The number of carbonyl (C=O) groups is 4. The van der Waals surface area contributed by atoms with Gasteiger partial charge in [0.2, 0.25) is 0 Å². The van der Waals surface area contributed by atoms with E-state index in [1.807, 2.05) is 42.5 Å². The minimum Gasteiger partial charge on any atom is -0.444 e. The Morgan fingerprint density at radius 1 is 1.00 bits per heavy atom. The Bertz CT molecular complexity index is 1070. The zero-order valence-electron chi connectivity index (χ0n) is 21.3. The lowest BCUT2D eigenvalue weighted by atomic mass is 9.85. The molecule has 6 atom stereocenters. The van der Waals surface area contributed by atoms with Crippen LogP contribution in [0, 0.1) is 23.7 Å². The summed E-state index contributed by atoms with van der Waals surface area (Å²) in [4.78, 5) is 64.5. The summed E-state index contributed by atoms with van der Waals surface area (Å²) in [5.41, 5.74) is 3.19. The van der Waals surface area contributed by atoms with Gasteiger partial charge in [0, 0.05) is 6.54 Å². The van der Waals surface area contributed by atoms with E-state index < -0.39 is 47.4 Å². The monoisotopic (exact) mass is 511 g/mol. The summed E-state index contributed by atoms with van der Waals surface area (Å²) in [7, 11) is 0. The van der Waals surface area contributed by atoms with Crippen molar-refractivity contribution in [3.05, 3.63) is 48.0 Å². The summed E-state index contributed by atoms with van der Waals surface area (Å²) in [6, 6.07) is 8.39. The van der Waals surface area contributed by atoms with Crippen LogP contribution in [0.5, 0.6) is 0 Å². The molecule has 4 aliphatic rings. The molecular formula is C27H33N3O7. The highest BCUT2D eigenvalue weighted by molar-refractivity contribution is 6.06. The molecule has 0 spiro atoms. The first-order valence-electron chi connectivity index (χ1n) is 12.8. The predicted molar refractivity (Wildman–Crippen MR) is 130 cm³/mol. The quantitative estimate of drug-likeness (QED) is 0.352. The number of benzene rings is 1. The fourth-order valence-corrected chi connectivity index (χ4v) is 5.77. The Morgan fingerprint density at radius 2 is 1.65 bits per heavy atom. The summed E-state index contributed by atoms with van der Waals surface area (Å²) in [5, 5.41) is 0.629. The number of imide groups is 1. The Hall–Kier alpha value is -3.24. The van der Waals surface area contributed by atoms with Gasteiger partial charge < -0.3 is 9.57 Å². The van der Waals surface area contributed by atoms with Crippen molar-refractivity contribution < 1.29 is 33.6 Å². The molecule has 0 radical (unpaired) electrons. The van der Waals surface area contributed by atoms with Crippen molar-refractivity contribution in [2.45, 2.75) is 64.3 Å². The van der Waals surface area contributed by atoms with Crippen LogP contribution in [0.3, 0.4) is 0 Å². The number of hydroxylamine groups is 3. The van der Waals surface area contributed by atoms with E-state index in [-0.39, 0.29) is 30.8 Å². The molecule has 37 heavy (non-hydrogen) atoms. The first-order chi connectivity index (χ1) is 17.6. The SMILES string of the molecule is CC(C)(C)OC(=O)N1C[C@H](NOCc2ccccc2)CC[C@H]1C(=O)ON1C(=O)C2C(C1=O)[C@H]1C=C[C@@H]2C1. The average Bonchev–Trinajstić information content (AvgIpc) is 3.54. The molecule has 0 aromatic heterocycles. The van der Waals surface area contributed by atoms with Crippen molar-refractivity contribution in [2.24, 2.45) is 23.7 Å². The summed E-state index contributed by atoms with van der Waals surface area (Å²) in [6.45, 7) is 5.69. The second-order valence-electron chi connectivity index (χ2n) is 11.2. The molecule has 10 nitrogen and oxygen atoms in total. The Morgan fingerprint density at radius 3 is 2.27 bits per heavy atom. The van der Waals surface area contributed by atoms with Gasteiger partial charge in [0.15, 0.2) is 0 Å². The van der Waals surface area contributed by atoms with Gasteiger partial charge in [-0.15, -0.1) is 5.06 Å². The van der Waals surface area contributed by atoms with Gasteiger partial charge in [-0.05, 0) is 57.4 Å². The molecule has 1 N–H and O–H groups in total. The number of hydrogen-bond acceptors (Lipinski definition) is 8. The summed E-state index contributed by atoms with van der Waals surface area (Å²) in [6.07, 6.45) is 4.81. The molecule has 1 saturated carbocycles. The minimum atomic E-state index is -1.00. The number of ether oxygens (including phenoxy) is 1. The fraction of sp³-hybridized carbons (Fsp3) is 0.556. The molecule has 1 aromatic carbocycles. The van der Waals surface area contributed by atoms with Gasteiger partial charge in [-0.1, -0.05) is 42.5 Å². The number of carbonyl (C=O) groups excluding carboxylic acids is 4. The molecule has 2 unspecified atom stereocenters. The molecule has 3 amide bonds. The maximum Gasteiger partial charge on any atom is 0.411 e. The van der Waals surface area contributed by atoms with Crippen molar-refractivity contribution in [1.82, 2.24) is 15.4 Å². The van der Waals surface area contributed by atoms with E-state index in [4.69, 9.17) is 14.4 Å². The smallest absolute Gasteiger partial charge is 0.411 e. The largest absolute Gasteiger partial charge is 0.444 e. The number of nitrogens with one attached hydrogen (secondary N) is 1. The van der Waals surface area contributed by atoms with Gasteiger partial charge >= 0.3 is 12.1 Å². The standard InChI is InChI=1S/C27H33N3O7/c1-27(2,3)36-26(34)29-14-19(28-35-15-16-7-5-4-6-8-16)11-12-20(29)25(33)37-30-23(31)21-17-9-10-18(13-17)22(21)24(30)32/h4-10,17-22,28H,11-15H2,1-3H3/t17-,18+,19-,20+,21?,22?/m1/s1. The van der Waals surface area contributed by atoms with E-state index in [1.165, 1.54) is 4.90 Å². The first-order valence-corrected chi connectivity index (χ1v) is 12.8. The van der Waals surface area contributed by atoms with Crippen LogP contribution in [-0.2, 0) is 35.4 Å². The van der Waals surface area contributed by atoms with Crippen molar-refractivity contribution in [1.29, 1.82) is 0 Å². The topological polar surface area (TPSA) is 114 Å². The van der Waals surface area contributed by atoms with Gasteiger partial charge in [-0.3, -0.25) is 19.3 Å². The number of piperidine rings is 1. The summed E-state index contributed by atoms with van der Waals surface area (Å²) in [5.74, 6) is -2.71. The highest BCUT2D eigenvalue weighted by atomic mass is 16.7. The van der Waals surface area contributed by atoms with Crippen LogP contribution in [0.4, 0.5) is 4.79 Å². The molecule has 10 heteroatoms. The average molecular weight is 512 g/mol. The third-order valence-electron chi connectivity index (χ3n) is 7.42. The lowest BCUT2D eigenvalue weighted by molar-refractivity contribution is -0.203. The number of rotatable bonds is 6. The number of likely N-dealkylation sites (tertiary alicyclic amines) is 1. The molecular weight excluding hydrogens is 478 g/mol. The summed E-state index contributed by atoms with van der Waals surface area (Å²) < 4.78 is 5.54. The molecule has 5 rings (SSSR count). The molecule has 2 saturated heterocycles. The van der Waals surface area contributed by atoms with Gasteiger partial charge in [0.25, 0.3) is 11.8 Å². The lowest BCUT2D eigenvalue weighted by Gasteiger charge is -2.38. The van der Waals surface area contributed by atoms with Crippen LogP contribution < -0.4 is 5.48 Å². The van der Waals surface area contributed by atoms with E-state index in [0.29, 0.717) is 18.1 Å². The third kappa shape index (κ3) is 5.13. The van der Waals surface area contributed by atoms with E-state index in [2.05, 4.69) is 5.48 Å². The van der Waals surface area contributed by atoms with Crippen LogP contribution in [-0.4, -0.2) is 58.1 Å². The van der Waals surface area contributed by atoms with E-state index in [9.17, 15) is 19.2 Å². The lowest BCUT2D eigenvalue weighted by Crippen LogP contribution is -2.57. The molecule has 2 aliphatic carbocycles. The normalized spacial score (nSPS) is 30.6. The predicted octanol–water partition coefficient (Wildman–Crippen LogP) is 2.74. The number of nitrogens with zero attached hydrogens (tertiary/aromatic N) is 2. The van der Waals surface area contributed by atoms with Crippen LogP contribution >= 0.6 is 0 Å². The third-order valence-corrected chi connectivity index (χ3v) is 7.42. The zero-order valence-corrected chi connectivity index (χ0v) is 21.3. The Labute approximate surface area is 215 Å². The maximum absolute atomic E-state index is 13.2. The molecule has 2 bridgehead atoms. The summed E-state index contributed by atoms with van der Waals surface area (Å²) >= 11 is 0. The molecule has 198 valence electrons. The van der Waals surface area contributed by atoms with Crippen molar-refractivity contribution in [3.63, 3.8) is 0 Å². The van der Waals surface area contributed by atoms with Crippen molar-refractivity contribution in [2.75, 3.05) is 6.54 Å². The van der Waals surface area contributed by atoms with E-state index in [0.717, 1.165) is 12.0 Å². The number of allylic oxidation sites excluding steroid dienone is 2. The van der Waals surface area contributed by atoms with Gasteiger partial charge in [-0.2, -0.15) is 5.48 Å². The zero-order chi connectivity index (χ0) is 26.3. The Kier molecular flexibility index (Phi) is 6.80. The highest BCUT2D eigenvalue weighted by Gasteiger charge is 2.61. The van der Waals surface area contributed by atoms with Gasteiger partial charge in [0.1, 0.15) is 11.6 Å². The van der Waals surface area contributed by atoms with E-state index >= 15 is 0 Å². The van der Waals surface area contributed by atoms with Crippen LogP contribution in [0.15, 0.2) is 42.5 Å². The van der Waals surface area contributed by atoms with Gasteiger partial charge in [0.05, 0.1) is 24.5 Å². The fourth-order valence-electron chi connectivity index (χ4n) is 5.77. The van der Waals surface area contributed by atoms with Crippen LogP contribution in [0.2, 0.25) is 0 Å².